The van der Waals surface area contributed by atoms with Gasteiger partial charge in [-0.05, 0) is 0 Å². The van der Waals surface area contributed by atoms with E-state index in [0.29, 0.717) is 0 Å². The molecular formula is C48H80O40. The fourth-order valence-electron chi connectivity index (χ4n) is 11.9. The van der Waals surface area contributed by atoms with Crippen LogP contribution in [0.25, 0.3) is 0 Å². The molecule has 88 heavy (non-hydrogen) atoms. The molecule has 30 fully saturated rings. The first kappa shape index (κ1) is 70.7. The van der Waals surface area contributed by atoms with Crippen LogP contribution in [0.1, 0.15) is 0 Å². The summed E-state index contributed by atoms with van der Waals surface area (Å²) in [6.45, 7) is -8.64. The van der Waals surface area contributed by atoms with Crippen LogP contribution in [0.3, 0.4) is 0 Å². The lowest BCUT2D eigenvalue weighted by atomic mass is 9.94. The monoisotopic (exact) mass is 1300 g/mol. The summed E-state index contributed by atoms with van der Waals surface area (Å²) in [5, 5.41) is 265. The van der Waals surface area contributed by atoms with Gasteiger partial charge < -0.3 is 198 Å². The van der Waals surface area contributed by atoms with Crippen molar-refractivity contribution in [2.45, 2.75) is 246 Å². The standard InChI is InChI=1S/C48H80O40/c49-1-9-33-17(57)25(65)41(73-9)82-34-10(2-50)75-43(27(67)19(34)59)84-36-12(4-52)77-45(29(69)21(36)61)86-38-14(6-54)79-47(31(71)23(38)63)88-40-16(8-56)80-48(32(72)24(40)64)87-39-15(7-55)78-46(30(70)22(39)62)85-37-13(5-53)76-44(28(68)20(37)60)83-35-11(3-51)74-42(81-33)26(66)18(35)58/h9-72H,1-8H2/t9?,10?,11?,12?,13?,14?,15?,16?,17-,18?,19?,20?,21?,22?,23?,24-,25?,26+,27+,28+,29+,30+,31+,32?,33-,34-,35-,36-,37-,38-,39-,40?,41-,42-,43-,44-,45-,46-,47-,48-/m1/s1. The van der Waals surface area contributed by atoms with Crippen LogP contribution in [-0.4, -0.2) is 421 Å². The molecule has 30 heterocycles. The van der Waals surface area contributed by atoms with Gasteiger partial charge in [-0.1, -0.05) is 0 Å². The van der Waals surface area contributed by atoms with Crippen LogP contribution in [0.15, 0.2) is 0 Å². The SMILES string of the molecule is OCC1O[C@@H]2O[C@@H]3C(CO)O[C@H](O[C@@H]4C(CO)O[C@H](O[C@@H]5C(CO)O[C@H](O[C@@H]6C(CO)O[C@H](O[C@@H]7C(CO)O[C@H](O[C@@H]8C(CO)O[C@H](O[C@@H]9C(CO)O[C@H](OC1[C@H](O)C2O)[C@@H](O)C9O)[C@@H](O)C8O)[C@@H](O)C7O)C(O)[C@H]6O)[C@@H](O)C5O)[C@@H](O)C4O)[C@@H](O)C3O. The summed E-state index contributed by atoms with van der Waals surface area (Å²) in [4.78, 5) is 0. The first-order chi connectivity index (χ1) is 41.9. The Kier molecular flexibility index (Phi) is 24.1. The van der Waals surface area contributed by atoms with Crippen LogP contribution >= 0.6 is 0 Å². The minimum Gasteiger partial charge on any atom is -0.394 e. The van der Waals surface area contributed by atoms with Gasteiger partial charge in [0.1, 0.15) is 195 Å². The summed E-state index contributed by atoms with van der Waals surface area (Å²) < 4.78 is 91.1. The highest BCUT2D eigenvalue weighted by Gasteiger charge is 2.60. The van der Waals surface area contributed by atoms with Crippen molar-refractivity contribution < 1.29 is 198 Å². The van der Waals surface area contributed by atoms with E-state index < -0.39 is 299 Å². The predicted molar refractivity (Wildman–Crippen MR) is 261 cm³/mol. The molecule has 0 spiro atoms. The van der Waals surface area contributed by atoms with Crippen molar-refractivity contribution in [2.24, 2.45) is 0 Å². The lowest BCUT2D eigenvalue weighted by Crippen LogP contribution is -2.69. The molecule has 30 rings (SSSR count). The van der Waals surface area contributed by atoms with Crippen molar-refractivity contribution in [1.82, 2.24) is 0 Å². The number of hydrogen-bond acceptors (Lipinski definition) is 40. The Bertz CT molecular complexity index is 1700. The number of aliphatic hydroxyl groups is 24. The third kappa shape index (κ3) is 13.8. The van der Waals surface area contributed by atoms with Crippen LogP contribution in [0, 0.1) is 0 Å². The highest BCUT2D eigenvalue weighted by molar-refractivity contribution is 5.02. The predicted octanol–water partition coefficient (Wildman–Crippen LogP) is -17.4. The summed E-state index contributed by atoms with van der Waals surface area (Å²) in [6.07, 6.45) is -82.0. The Morgan fingerprint density at radius 1 is 0.136 bits per heavy atom. The van der Waals surface area contributed by atoms with E-state index in [2.05, 4.69) is 0 Å². The van der Waals surface area contributed by atoms with E-state index in [1.54, 1.807) is 0 Å². The molecule has 0 aromatic heterocycles. The van der Waals surface area contributed by atoms with Crippen molar-refractivity contribution in [2.75, 3.05) is 52.9 Å². The third-order valence-electron chi connectivity index (χ3n) is 16.9. The molecule has 30 aliphatic rings. The van der Waals surface area contributed by atoms with E-state index in [9.17, 15) is 123 Å². The van der Waals surface area contributed by atoms with Crippen molar-refractivity contribution in [3.8, 4) is 0 Å². The van der Waals surface area contributed by atoms with E-state index in [4.69, 9.17) is 75.8 Å². The maximum Gasteiger partial charge on any atom is 0.187 e. The van der Waals surface area contributed by atoms with Crippen LogP contribution in [0.2, 0.25) is 0 Å². The summed E-state index contributed by atoms with van der Waals surface area (Å²) in [5.41, 5.74) is 0. The summed E-state index contributed by atoms with van der Waals surface area (Å²) in [7, 11) is 0. The van der Waals surface area contributed by atoms with Crippen molar-refractivity contribution in [3.63, 3.8) is 0 Å². The zero-order chi connectivity index (χ0) is 64.1. The lowest BCUT2D eigenvalue weighted by molar-refractivity contribution is -0.404. The molecule has 30 aliphatic heterocycles. The van der Waals surface area contributed by atoms with E-state index in [1.165, 1.54) is 0 Å². The molecule has 17 unspecified atom stereocenters. The van der Waals surface area contributed by atoms with E-state index in [-0.39, 0.29) is 0 Å². The molecule has 512 valence electrons. The molecule has 0 amide bonds. The molecule has 0 aromatic rings. The largest absolute Gasteiger partial charge is 0.394 e. The molecule has 40 nitrogen and oxygen atoms in total. The molecular weight excluding hydrogens is 1220 g/mol. The lowest BCUT2D eigenvalue weighted by Gasteiger charge is -2.50. The molecule has 40 atom stereocenters. The van der Waals surface area contributed by atoms with Gasteiger partial charge in [0.2, 0.25) is 0 Å². The van der Waals surface area contributed by atoms with Gasteiger partial charge in [-0.25, -0.2) is 0 Å². The number of rotatable bonds is 8. The van der Waals surface area contributed by atoms with Crippen molar-refractivity contribution in [1.29, 1.82) is 0 Å². The Morgan fingerprint density at radius 3 is 0.307 bits per heavy atom. The average Bonchev–Trinajstić information content (AvgIpc) is 0.985. The smallest absolute Gasteiger partial charge is 0.187 e. The molecule has 16 bridgehead atoms. The Balaban J connectivity index is 0.975. The van der Waals surface area contributed by atoms with Gasteiger partial charge in [-0.3, -0.25) is 0 Å². The Labute approximate surface area is 496 Å². The molecule has 30 saturated heterocycles. The van der Waals surface area contributed by atoms with Crippen LogP contribution in [-0.2, 0) is 75.8 Å². The number of aliphatic hydroxyl groups excluding tert-OH is 24. The minimum atomic E-state index is -2.25. The summed E-state index contributed by atoms with van der Waals surface area (Å²) >= 11 is 0. The fourth-order valence-corrected chi connectivity index (χ4v) is 11.9. The molecule has 0 radical (unpaired) electrons. The Hall–Kier alpha value is -1.60. The topological polar surface area (TPSA) is 633 Å². The second kappa shape index (κ2) is 30.0. The second-order valence-electron chi connectivity index (χ2n) is 22.5. The van der Waals surface area contributed by atoms with E-state index in [0.717, 1.165) is 0 Å². The van der Waals surface area contributed by atoms with Crippen LogP contribution in [0.4, 0.5) is 0 Å². The van der Waals surface area contributed by atoms with Gasteiger partial charge in [-0.2, -0.15) is 0 Å². The highest BCUT2D eigenvalue weighted by atomic mass is 16.8. The molecule has 0 saturated carbocycles. The third-order valence-corrected chi connectivity index (χ3v) is 16.9. The van der Waals surface area contributed by atoms with Crippen LogP contribution < -0.4 is 0 Å². The maximum absolute atomic E-state index is 11.4. The Morgan fingerprint density at radius 2 is 0.227 bits per heavy atom. The average molecular weight is 1300 g/mol. The zero-order valence-electron chi connectivity index (χ0n) is 46.0. The van der Waals surface area contributed by atoms with Gasteiger partial charge in [0, 0.05) is 0 Å². The maximum atomic E-state index is 11.4. The van der Waals surface area contributed by atoms with Gasteiger partial charge in [0.25, 0.3) is 0 Å². The van der Waals surface area contributed by atoms with Crippen molar-refractivity contribution in [3.05, 3.63) is 0 Å². The summed E-state index contributed by atoms with van der Waals surface area (Å²) in [5.74, 6) is 0. The van der Waals surface area contributed by atoms with Gasteiger partial charge in [-0.15, -0.1) is 0 Å². The highest BCUT2D eigenvalue weighted by Crippen LogP contribution is 2.40. The quantitative estimate of drug-likeness (QED) is 0.107. The van der Waals surface area contributed by atoms with Crippen LogP contribution in [0.5, 0.6) is 0 Å². The molecule has 0 aliphatic carbocycles. The first-order valence-electron chi connectivity index (χ1n) is 28.1. The van der Waals surface area contributed by atoms with Gasteiger partial charge in [0.05, 0.1) is 52.9 Å². The number of ether oxygens (including phenoxy) is 16. The van der Waals surface area contributed by atoms with E-state index in [1.807, 2.05) is 0 Å². The van der Waals surface area contributed by atoms with E-state index >= 15 is 0 Å². The molecule has 40 heteroatoms. The normalized spacial score (nSPS) is 55.4. The van der Waals surface area contributed by atoms with Crippen molar-refractivity contribution >= 4 is 0 Å². The fraction of sp³-hybridized carbons (Fsp3) is 1.00. The second-order valence-corrected chi connectivity index (χ2v) is 22.5. The van der Waals surface area contributed by atoms with Gasteiger partial charge >= 0.3 is 0 Å². The first-order valence-corrected chi connectivity index (χ1v) is 28.1. The number of hydrogen-bond donors (Lipinski definition) is 24. The minimum absolute atomic E-state index is 1.08. The van der Waals surface area contributed by atoms with Gasteiger partial charge in [0.15, 0.2) is 50.3 Å². The summed E-state index contributed by atoms with van der Waals surface area (Å²) in [6, 6.07) is 0. The molecule has 0 aromatic carbocycles. The molecule has 24 N–H and O–H groups in total. The zero-order valence-corrected chi connectivity index (χ0v) is 46.0.